The second-order valence-corrected chi connectivity index (χ2v) is 7.63. The van der Waals surface area contributed by atoms with Gasteiger partial charge in [-0.2, -0.15) is 4.98 Å². The summed E-state index contributed by atoms with van der Waals surface area (Å²) in [6.07, 6.45) is 6.86. The molecule has 1 aliphatic carbocycles. The van der Waals surface area contributed by atoms with Crippen LogP contribution in [0.15, 0.2) is 28.8 Å². The summed E-state index contributed by atoms with van der Waals surface area (Å²) in [5, 5.41) is 4.10. The Hall–Kier alpha value is -2.37. The SMILES string of the molecule is Cc1cccc(OCCc2noc(C3CCCN3C(=O)C3CCCC3)n2)c1. The molecule has 1 aromatic heterocycles. The molecule has 2 aromatic rings. The fraction of sp³-hybridized carbons (Fsp3) is 0.571. The molecule has 0 radical (unpaired) electrons. The average Bonchev–Trinajstić information content (AvgIpc) is 3.42. The van der Waals surface area contributed by atoms with E-state index in [0.29, 0.717) is 24.7 Å². The van der Waals surface area contributed by atoms with Crippen LogP contribution in [0.1, 0.15) is 61.8 Å². The molecule has 6 heteroatoms. The molecule has 1 amide bonds. The summed E-state index contributed by atoms with van der Waals surface area (Å²) in [6, 6.07) is 7.91. The molecule has 2 heterocycles. The van der Waals surface area contributed by atoms with Crippen LogP contribution in [0.5, 0.6) is 5.75 Å². The van der Waals surface area contributed by atoms with Gasteiger partial charge in [0.2, 0.25) is 11.8 Å². The summed E-state index contributed by atoms with van der Waals surface area (Å²) in [4.78, 5) is 19.3. The molecule has 4 rings (SSSR count). The first-order valence-electron chi connectivity index (χ1n) is 10.0. The maximum atomic E-state index is 12.8. The van der Waals surface area contributed by atoms with E-state index in [-0.39, 0.29) is 17.9 Å². The van der Waals surface area contributed by atoms with Gasteiger partial charge in [-0.3, -0.25) is 4.79 Å². The van der Waals surface area contributed by atoms with Gasteiger partial charge >= 0.3 is 0 Å². The van der Waals surface area contributed by atoms with Gasteiger partial charge in [0.1, 0.15) is 11.8 Å². The van der Waals surface area contributed by atoms with Crippen molar-refractivity contribution < 1.29 is 14.1 Å². The van der Waals surface area contributed by atoms with Gasteiger partial charge in [-0.15, -0.1) is 0 Å². The van der Waals surface area contributed by atoms with Crippen LogP contribution in [0.3, 0.4) is 0 Å². The van der Waals surface area contributed by atoms with Crippen LogP contribution in [0.4, 0.5) is 0 Å². The molecule has 1 unspecified atom stereocenters. The third-order valence-electron chi connectivity index (χ3n) is 5.59. The molecule has 0 spiro atoms. The fourth-order valence-corrected chi connectivity index (χ4v) is 4.16. The summed E-state index contributed by atoms with van der Waals surface area (Å²) in [5.41, 5.74) is 1.17. The first-order valence-corrected chi connectivity index (χ1v) is 10.0. The first kappa shape index (κ1) is 18.0. The van der Waals surface area contributed by atoms with Gasteiger partial charge in [0.05, 0.1) is 6.61 Å². The Labute approximate surface area is 159 Å². The lowest BCUT2D eigenvalue weighted by atomic mass is 10.1. The van der Waals surface area contributed by atoms with Crippen molar-refractivity contribution in [3.05, 3.63) is 41.5 Å². The van der Waals surface area contributed by atoms with Gasteiger partial charge < -0.3 is 14.2 Å². The molecular weight excluding hydrogens is 342 g/mol. The number of carbonyl (C=O) groups excluding carboxylic acids is 1. The summed E-state index contributed by atoms with van der Waals surface area (Å²) >= 11 is 0. The average molecular weight is 369 g/mol. The van der Waals surface area contributed by atoms with E-state index in [9.17, 15) is 4.79 Å². The van der Waals surface area contributed by atoms with Gasteiger partial charge in [-0.05, 0) is 50.3 Å². The number of hydrogen-bond donors (Lipinski definition) is 0. The number of carbonyl (C=O) groups is 1. The minimum absolute atomic E-state index is 0.0583. The van der Waals surface area contributed by atoms with E-state index in [1.807, 2.05) is 36.1 Å². The largest absolute Gasteiger partial charge is 0.493 e. The third kappa shape index (κ3) is 4.15. The highest BCUT2D eigenvalue weighted by atomic mass is 16.5. The number of likely N-dealkylation sites (tertiary alicyclic amines) is 1. The van der Waals surface area contributed by atoms with E-state index < -0.39 is 0 Å². The molecule has 2 aliphatic rings. The van der Waals surface area contributed by atoms with Crippen LogP contribution < -0.4 is 4.74 Å². The Morgan fingerprint density at radius 2 is 2.11 bits per heavy atom. The van der Waals surface area contributed by atoms with Crippen LogP contribution >= 0.6 is 0 Å². The van der Waals surface area contributed by atoms with E-state index in [0.717, 1.165) is 38.0 Å². The van der Waals surface area contributed by atoms with Crippen molar-refractivity contribution in [3.8, 4) is 5.75 Å². The first-order chi connectivity index (χ1) is 13.2. The maximum Gasteiger partial charge on any atom is 0.249 e. The predicted molar refractivity (Wildman–Crippen MR) is 100 cm³/mol. The highest BCUT2D eigenvalue weighted by molar-refractivity contribution is 5.79. The number of ether oxygens (including phenoxy) is 1. The van der Waals surface area contributed by atoms with Gasteiger partial charge in [0, 0.05) is 18.9 Å². The third-order valence-corrected chi connectivity index (χ3v) is 5.59. The molecule has 2 fully saturated rings. The Kier molecular flexibility index (Phi) is 5.41. The van der Waals surface area contributed by atoms with Crippen LogP contribution in [-0.4, -0.2) is 34.1 Å². The van der Waals surface area contributed by atoms with Crippen molar-refractivity contribution >= 4 is 5.91 Å². The molecule has 1 saturated heterocycles. The molecule has 1 aliphatic heterocycles. The lowest BCUT2D eigenvalue weighted by molar-refractivity contribution is -0.136. The quantitative estimate of drug-likeness (QED) is 0.773. The van der Waals surface area contributed by atoms with E-state index in [1.165, 1.54) is 18.4 Å². The second-order valence-electron chi connectivity index (χ2n) is 7.63. The second kappa shape index (κ2) is 8.11. The highest BCUT2D eigenvalue weighted by Crippen LogP contribution is 2.35. The molecule has 27 heavy (non-hydrogen) atoms. The number of amides is 1. The molecule has 144 valence electrons. The van der Waals surface area contributed by atoms with Crippen LogP contribution in [0.25, 0.3) is 0 Å². The van der Waals surface area contributed by atoms with Gasteiger partial charge in [0.25, 0.3) is 0 Å². The van der Waals surface area contributed by atoms with Gasteiger partial charge in [-0.1, -0.05) is 30.1 Å². The topological polar surface area (TPSA) is 68.5 Å². The number of benzene rings is 1. The normalized spacial score (nSPS) is 20.3. The maximum absolute atomic E-state index is 12.8. The number of aryl methyl sites for hydroxylation is 1. The summed E-state index contributed by atoms with van der Waals surface area (Å²) in [6.45, 7) is 3.34. The van der Waals surface area contributed by atoms with E-state index in [2.05, 4.69) is 10.1 Å². The highest BCUT2D eigenvalue weighted by Gasteiger charge is 2.37. The molecule has 0 bridgehead atoms. The van der Waals surface area contributed by atoms with Gasteiger partial charge in [-0.25, -0.2) is 0 Å². The summed E-state index contributed by atoms with van der Waals surface area (Å²) in [7, 11) is 0. The number of aromatic nitrogens is 2. The van der Waals surface area contributed by atoms with Crippen LogP contribution in [0, 0.1) is 12.8 Å². The van der Waals surface area contributed by atoms with Crippen molar-refractivity contribution in [2.75, 3.05) is 13.2 Å². The van der Waals surface area contributed by atoms with Crippen molar-refractivity contribution in [2.24, 2.45) is 5.92 Å². The van der Waals surface area contributed by atoms with E-state index in [4.69, 9.17) is 9.26 Å². The monoisotopic (exact) mass is 369 g/mol. The fourth-order valence-electron chi connectivity index (χ4n) is 4.16. The van der Waals surface area contributed by atoms with E-state index >= 15 is 0 Å². The molecule has 1 atom stereocenters. The zero-order chi connectivity index (χ0) is 18.6. The molecule has 0 N–H and O–H groups in total. The number of hydrogen-bond acceptors (Lipinski definition) is 5. The lowest BCUT2D eigenvalue weighted by Crippen LogP contribution is -2.35. The Morgan fingerprint density at radius 3 is 2.93 bits per heavy atom. The number of nitrogens with zero attached hydrogens (tertiary/aromatic N) is 3. The van der Waals surface area contributed by atoms with Crippen molar-refractivity contribution in [3.63, 3.8) is 0 Å². The van der Waals surface area contributed by atoms with Gasteiger partial charge in [0.15, 0.2) is 5.82 Å². The van der Waals surface area contributed by atoms with Crippen LogP contribution in [-0.2, 0) is 11.2 Å². The molecular formula is C21H27N3O3. The van der Waals surface area contributed by atoms with Crippen molar-refractivity contribution in [1.29, 1.82) is 0 Å². The Bertz CT molecular complexity index is 782. The smallest absolute Gasteiger partial charge is 0.249 e. The lowest BCUT2D eigenvalue weighted by Gasteiger charge is -2.24. The summed E-state index contributed by atoms with van der Waals surface area (Å²) in [5.74, 6) is 2.53. The zero-order valence-electron chi connectivity index (χ0n) is 15.9. The summed E-state index contributed by atoms with van der Waals surface area (Å²) < 4.78 is 11.3. The molecule has 6 nitrogen and oxygen atoms in total. The van der Waals surface area contributed by atoms with Crippen LogP contribution in [0.2, 0.25) is 0 Å². The van der Waals surface area contributed by atoms with Crippen molar-refractivity contribution in [2.45, 2.75) is 57.9 Å². The van der Waals surface area contributed by atoms with Crippen molar-refractivity contribution in [1.82, 2.24) is 15.0 Å². The Balaban J connectivity index is 1.34. The Morgan fingerprint density at radius 1 is 1.26 bits per heavy atom. The zero-order valence-corrected chi connectivity index (χ0v) is 15.9. The minimum atomic E-state index is -0.0583. The standard InChI is InChI=1S/C21H27N3O3/c1-15-6-4-9-17(14-15)26-13-11-19-22-20(27-23-19)18-10-5-12-24(18)21(25)16-7-2-3-8-16/h4,6,9,14,16,18H,2-3,5,7-8,10-13H2,1H3. The minimum Gasteiger partial charge on any atom is -0.493 e. The molecule has 1 saturated carbocycles. The predicted octanol–water partition coefficient (Wildman–Crippen LogP) is 3.85. The van der Waals surface area contributed by atoms with E-state index in [1.54, 1.807) is 0 Å². The number of rotatable bonds is 6. The molecule has 1 aromatic carbocycles.